The second kappa shape index (κ2) is 8.87. The summed E-state index contributed by atoms with van der Waals surface area (Å²) in [5.74, 6) is 0.686. The fraction of sp³-hybridized carbons (Fsp3) is 0.250. The van der Waals surface area contributed by atoms with E-state index < -0.39 is 4.92 Å². The summed E-state index contributed by atoms with van der Waals surface area (Å²) in [5, 5.41) is 22.7. The number of aromatic nitrogens is 3. The zero-order valence-corrected chi connectivity index (χ0v) is 17.2. The second-order valence-corrected chi connectivity index (χ2v) is 7.43. The lowest BCUT2D eigenvalue weighted by molar-refractivity contribution is -0.384. The van der Waals surface area contributed by atoms with Crippen LogP contribution in [0.2, 0.25) is 0 Å². The van der Waals surface area contributed by atoms with Crippen molar-refractivity contribution in [3.05, 3.63) is 63.7 Å². The van der Waals surface area contributed by atoms with Gasteiger partial charge in [-0.1, -0.05) is 17.8 Å². The molecule has 0 saturated heterocycles. The highest BCUT2D eigenvalue weighted by atomic mass is 32.2. The molecule has 3 rings (SSSR count). The topological polar surface area (TPSA) is 103 Å². The number of nitro benzene ring substituents is 1. The molecular formula is C20H21N5O3S. The summed E-state index contributed by atoms with van der Waals surface area (Å²) in [6.45, 7) is 6.60. The molecule has 150 valence electrons. The molecule has 1 aromatic heterocycles. The quantitative estimate of drug-likeness (QED) is 0.355. The summed E-state index contributed by atoms with van der Waals surface area (Å²) in [6, 6.07) is 12.0. The van der Waals surface area contributed by atoms with Gasteiger partial charge in [-0.3, -0.25) is 14.9 Å². The number of nitro groups is 1. The summed E-state index contributed by atoms with van der Waals surface area (Å²) < 4.78 is 1.88. The van der Waals surface area contributed by atoms with Crippen LogP contribution in [-0.4, -0.2) is 31.3 Å². The van der Waals surface area contributed by atoms with Crippen molar-refractivity contribution >= 4 is 29.0 Å². The third-order valence-electron chi connectivity index (χ3n) is 4.49. The summed E-state index contributed by atoms with van der Waals surface area (Å²) in [4.78, 5) is 22.7. The predicted molar refractivity (Wildman–Crippen MR) is 113 cm³/mol. The van der Waals surface area contributed by atoms with Gasteiger partial charge < -0.3 is 9.88 Å². The number of benzene rings is 2. The number of thioether (sulfide) groups is 1. The van der Waals surface area contributed by atoms with Crippen LogP contribution in [0, 0.1) is 24.0 Å². The minimum absolute atomic E-state index is 0.0222. The first-order valence-corrected chi connectivity index (χ1v) is 10.1. The Hall–Kier alpha value is -3.20. The number of anilines is 1. The SMILES string of the molecule is CCn1c(SCC(=O)Nc2ccc(C)c(C)c2)nnc1-c1ccc([N+](=O)[O-])cc1. The highest BCUT2D eigenvalue weighted by Crippen LogP contribution is 2.25. The van der Waals surface area contributed by atoms with Crippen molar-refractivity contribution in [3.63, 3.8) is 0 Å². The summed E-state index contributed by atoms with van der Waals surface area (Å²) >= 11 is 1.30. The van der Waals surface area contributed by atoms with E-state index in [1.165, 1.54) is 29.5 Å². The van der Waals surface area contributed by atoms with E-state index in [9.17, 15) is 14.9 Å². The molecule has 1 amide bonds. The van der Waals surface area contributed by atoms with E-state index in [0.29, 0.717) is 17.5 Å². The van der Waals surface area contributed by atoms with Crippen LogP contribution in [0.5, 0.6) is 0 Å². The smallest absolute Gasteiger partial charge is 0.269 e. The van der Waals surface area contributed by atoms with Crippen LogP contribution in [0.1, 0.15) is 18.1 Å². The summed E-state index contributed by atoms with van der Waals surface area (Å²) in [6.07, 6.45) is 0. The molecule has 0 spiro atoms. The number of hydrogen-bond donors (Lipinski definition) is 1. The third kappa shape index (κ3) is 4.80. The van der Waals surface area contributed by atoms with E-state index in [1.807, 2.05) is 43.5 Å². The minimum atomic E-state index is -0.441. The van der Waals surface area contributed by atoms with Gasteiger partial charge in [-0.05, 0) is 56.2 Å². The monoisotopic (exact) mass is 411 g/mol. The number of rotatable bonds is 7. The molecule has 0 aliphatic carbocycles. The van der Waals surface area contributed by atoms with Crippen LogP contribution in [-0.2, 0) is 11.3 Å². The van der Waals surface area contributed by atoms with Crippen molar-refractivity contribution < 1.29 is 9.72 Å². The Labute approximate surface area is 172 Å². The van der Waals surface area contributed by atoms with E-state index in [2.05, 4.69) is 15.5 Å². The van der Waals surface area contributed by atoms with Crippen LogP contribution < -0.4 is 5.32 Å². The maximum absolute atomic E-state index is 12.3. The van der Waals surface area contributed by atoms with Crippen LogP contribution >= 0.6 is 11.8 Å². The highest BCUT2D eigenvalue weighted by molar-refractivity contribution is 7.99. The van der Waals surface area contributed by atoms with Gasteiger partial charge in [-0.15, -0.1) is 10.2 Å². The van der Waals surface area contributed by atoms with Gasteiger partial charge in [0.05, 0.1) is 10.7 Å². The molecule has 0 unspecified atom stereocenters. The zero-order chi connectivity index (χ0) is 21.0. The van der Waals surface area contributed by atoms with Gasteiger partial charge in [0.15, 0.2) is 11.0 Å². The molecule has 0 bridgehead atoms. The Morgan fingerprint density at radius 2 is 1.86 bits per heavy atom. The standard InChI is InChI=1S/C20H21N5O3S/c1-4-24-19(15-6-9-17(10-7-15)25(27)28)22-23-20(24)29-12-18(26)21-16-8-5-13(2)14(3)11-16/h5-11H,4,12H2,1-3H3,(H,21,26). The van der Waals surface area contributed by atoms with Crippen molar-refractivity contribution in [2.75, 3.05) is 11.1 Å². The first-order valence-electron chi connectivity index (χ1n) is 9.07. The van der Waals surface area contributed by atoms with Crippen LogP contribution in [0.3, 0.4) is 0 Å². The number of carbonyl (C=O) groups is 1. The van der Waals surface area contributed by atoms with E-state index in [0.717, 1.165) is 16.8 Å². The van der Waals surface area contributed by atoms with Gasteiger partial charge in [-0.25, -0.2) is 0 Å². The lowest BCUT2D eigenvalue weighted by Gasteiger charge is -2.09. The Bertz CT molecular complexity index is 1050. The maximum atomic E-state index is 12.3. The maximum Gasteiger partial charge on any atom is 0.269 e. The predicted octanol–water partition coefficient (Wildman–Crippen LogP) is 4.22. The van der Waals surface area contributed by atoms with E-state index >= 15 is 0 Å². The van der Waals surface area contributed by atoms with Crippen molar-refractivity contribution in [2.45, 2.75) is 32.5 Å². The molecule has 9 heteroatoms. The largest absolute Gasteiger partial charge is 0.325 e. The molecule has 1 N–H and O–H groups in total. The molecule has 0 aliphatic rings. The number of nitrogens with zero attached hydrogens (tertiary/aromatic N) is 4. The minimum Gasteiger partial charge on any atom is -0.325 e. The average molecular weight is 411 g/mol. The number of nitrogens with one attached hydrogen (secondary N) is 1. The Morgan fingerprint density at radius 1 is 1.14 bits per heavy atom. The average Bonchev–Trinajstić information content (AvgIpc) is 3.12. The number of non-ortho nitro benzene ring substituents is 1. The molecule has 0 radical (unpaired) electrons. The van der Waals surface area contributed by atoms with E-state index in [1.54, 1.807) is 12.1 Å². The Balaban J connectivity index is 1.69. The van der Waals surface area contributed by atoms with Gasteiger partial charge in [0.25, 0.3) is 5.69 Å². The fourth-order valence-corrected chi connectivity index (χ4v) is 3.57. The molecule has 0 aliphatic heterocycles. The molecule has 1 heterocycles. The number of hydrogen-bond acceptors (Lipinski definition) is 6. The fourth-order valence-electron chi connectivity index (χ4n) is 2.77. The molecule has 2 aromatic carbocycles. The lowest BCUT2D eigenvalue weighted by atomic mass is 10.1. The van der Waals surface area contributed by atoms with Crippen LogP contribution in [0.25, 0.3) is 11.4 Å². The van der Waals surface area contributed by atoms with Crippen LogP contribution in [0.4, 0.5) is 11.4 Å². The second-order valence-electron chi connectivity index (χ2n) is 6.49. The zero-order valence-electron chi connectivity index (χ0n) is 16.4. The van der Waals surface area contributed by atoms with Crippen molar-refractivity contribution in [2.24, 2.45) is 0 Å². The molecule has 3 aromatic rings. The van der Waals surface area contributed by atoms with E-state index in [-0.39, 0.29) is 17.3 Å². The van der Waals surface area contributed by atoms with Crippen LogP contribution in [0.15, 0.2) is 47.6 Å². The number of amides is 1. The van der Waals surface area contributed by atoms with Gasteiger partial charge >= 0.3 is 0 Å². The normalized spacial score (nSPS) is 10.7. The molecule has 8 nitrogen and oxygen atoms in total. The van der Waals surface area contributed by atoms with Gasteiger partial charge in [0.2, 0.25) is 5.91 Å². The Kier molecular flexibility index (Phi) is 6.28. The highest BCUT2D eigenvalue weighted by Gasteiger charge is 2.16. The Morgan fingerprint density at radius 3 is 2.48 bits per heavy atom. The first kappa shape index (κ1) is 20.5. The molecular weight excluding hydrogens is 390 g/mol. The first-order chi connectivity index (χ1) is 13.9. The third-order valence-corrected chi connectivity index (χ3v) is 5.46. The van der Waals surface area contributed by atoms with Gasteiger partial charge in [0.1, 0.15) is 0 Å². The van der Waals surface area contributed by atoms with Gasteiger partial charge in [-0.2, -0.15) is 0 Å². The number of aryl methyl sites for hydroxylation is 2. The summed E-state index contributed by atoms with van der Waals surface area (Å²) in [5.41, 5.74) is 3.81. The summed E-state index contributed by atoms with van der Waals surface area (Å²) in [7, 11) is 0. The van der Waals surface area contributed by atoms with Crippen molar-refractivity contribution in [3.8, 4) is 11.4 Å². The molecule has 0 atom stereocenters. The van der Waals surface area contributed by atoms with Crippen molar-refractivity contribution in [1.29, 1.82) is 0 Å². The van der Waals surface area contributed by atoms with Crippen molar-refractivity contribution in [1.82, 2.24) is 14.8 Å². The molecule has 0 saturated carbocycles. The van der Waals surface area contributed by atoms with E-state index in [4.69, 9.17) is 0 Å². The number of carbonyl (C=O) groups excluding carboxylic acids is 1. The molecule has 0 fully saturated rings. The lowest BCUT2D eigenvalue weighted by Crippen LogP contribution is -2.14. The molecule has 29 heavy (non-hydrogen) atoms. The van der Waals surface area contributed by atoms with Gasteiger partial charge in [0, 0.05) is 29.9 Å².